The number of nitriles is 1. The average Bonchev–Trinajstić information content (AvgIpc) is 2.85. The third-order valence-electron chi connectivity index (χ3n) is 5.19. The number of aromatic hydroxyl groups is 1. The minimum absolute atomic E-state index is 0.0459. The number of carbonyl (C=O) groups is 1. The van der Waals surface area contributed by atoms with Gasteiger partial charge in [-0.1, -0.05) is 6.08 Å². The van der Waals surface area contributed by atoms with Gasteiger partial charge in [-0.05, 0) is 60.0 Å². The molecule has 0 radical (unpaired) electrons. The number of nitrogens with one attached hydrogen (secondary N) is 1. The first kappa shape index (κ1) is 24.6. The molecule has 2 N–H and O–H groups in total. The monoisotopic (exact) mass is 430 g/mol. The van der Waals surface area contributed by atoms with E-state index in [0.29, 0.717) is 16.6 Å². The lowest BCUT2D eigenvalue weighted by molar-refractivity contribution is 0.00578. The van der Waals surface area contributed by atoms with Gasteiger partial charge in [0, 0.05) is 18.2 Å². The van der Waals surface area contributed by atoms with Gasteiger partial charge < -0.3 is 29.2 Å². The second-order valence-electron chi connectivity index (χ2n) is 9.39. The van der Waals surface area contributed by atoms with Crippen LogP contribution in [0, 0.1) is 11.3 Å². The normalized spacial score (nSPS) is 17.8. The molecule has 2 rings (SSSR count). The average molecular weight is 430 g/mol. The highest BCUT2D eigenvalue weighted by molar-refractivity contribution is 6.56. The molecule has 1 amide bonds. The van der Waals surface area contributed by atoms with E-state index in [9.17, 15) is 15.2 Å². The number of rotatable bonds is 5. The van der Waals surface area contributed by atoms with Crippen LogP contribution in [0.25, 0.3) is 6.08 Å². The molecule has 1 saturated heterocycles. The van der Waals surface area contributed by atoms with Crippen LogP contribution >= 0.6 is 0 Å². The highest BCUT2D eigenvalue weighted by atomic mass is 16.7. The minimum Gasteiger partial charge on any atom is -0.504 e. The Balaban J connectivity index is 2.44. The van der Waals surface area contributed by atoms with Crippen LogP contribution in [-0.4, -0.2) is 48.8 Å². The summed E-state index contributed by atoms with van der Waals surface area (Å²) in [6, 6.07) is 5.01. The van der Waals surface area contributed by atoms with Crippen LogP contribution in [-0.2, 0) is 14.0 Å². The molecule has 0 aliphatic carbocycles. The molecule has 31 heavy (non-hydrogen) atoms. The zero-order chi connectivity index (χ0) is 23.6. The predicted octanol–water partition coefficient (Wildman–Crippen LogP) is 3.81. The molecular formula is C22H31BN2O6. The van der Waals surface area contributed by atoms with E-state index >= 15 is 0 Å². The van der Waals surface area contributed by atoms with Gasteiger partial charge >= 0.3 is 13.2 Å². The third-order valence-corrected chi connectivity index (χ3v) is 5.19. The molecule has 0 atom stereocenters. The SMILES string of the molecule is COc1cc(C#N)cc(C=C(CNC(=O)OC(C)(C)C)B2OC(C)(C)C(C)(C)O2)c1O. The molecule has 0 aromatic heterocycles. The maximum absolute atomic E-state index is 12.2. The maximum Gasteiger partial charge on any atom is 0.492 e. The Kier molecular flexibility index (Phi) is 6.98. The fourth-order valence-corrected chi connectivity index (χ4v) is 2.84. The molecule has 0 saturated carbocycles. The number of alkyl carbamates (subject to hydrolysis) is 1. The second-order valence-corrected chi connectivity index (χ2v) is 9.39. The van der Waals surface area contributed by atoms with E-state index in [1.54, 1.807) is 26.8 Å². The first-order valence-electron chi connectivity index (χ1n) is 10.0. The Labute approximate surface area is 184 Å². The Morgan fingerprint density at radius 2 is 1.84 bits per heavy atom. The van der Waals surface area contributed by atoms with E-state index in [0.717, 1.165) is 0 Å². The fourth-order valence-electron chi connectivity index (χ4n) is 2.84. The molecule has 0 unspecified atom stereocenters. The number of amides is 1. The number of phenols is 1. The molecule has 168 valence electrons. The van der Waals surface area contributed by atoms with Crippen LogP contribution in [0.1, 0.15) is 59.6 Å². The quantitative estimate of drug-likeness (QED) is 0.684. The van der Waals surface area contributed by atoms with Gasteiger partial charge in [-0.15, -0.1) is 0 Å². The van der Waals surface area contributed by atoms with Crippen LogP contribution in [0.5, 0.6) is 11.5 Å². The lowest BCUT2D eigenvalue weighted by Gasteiger charge is -2.32. The summed E-state index contributed by atoms with van der Waals surface area (Å²) in [6.45, 7) is 13.0. The van der Waals surface area contributed by atoms with Crippen molar-refractivity contribution in [2.45, 2.75) is 65.3 Å². The van der Waals surface area contributed by atoms with Gasteiger partial charge in [0.15, 0.2) is 11.5 Å². The van der Waals surface area contributed by atoms with Gasteiger partial charge in [0.05, 0.1) is 29.9 Å². The number of benzene rings is 1. The van der Waals surface area contributed by atoms with Gasteiger partial charge in [-0.2, -0.15) is 5.26 Å². The van der Waals surface area contributed by atoms with E-state index in [-0.39, 0.29) is 18.0 Å². The fraction of sp³-hybridized carbons (Fsp3) is 0.545. The molecule has 8 nitrogen and oxygen atoms in total. The summed E-state index contributed by atoms with van der Waals surface area (Å²) in [5.41, 5.74) is -0.656. The van der Waals surface area contributed by atoms with Crippen molar-refractivity contribution in [1.82, 2.24) is 5.32 Å². The molecule has 1 aliphatic rings. The largest absolute Gasteiger partial charge is 0.504 e. The number of hydrogen-bond acceptors (Lipinski definition) is 7. The molecule has 1 aromatic carbocycles. The van der Waals surface area contributed by atoms with Crippen LogP contribution in [0.4, 0.5) is 4.79 Å². The number of nitrogens with zero attached hydrogens (tertiary/aromatic N) is 1. The highest BCUT2D eigenvalue weighted by Gasteiger charge is 2.52. The molecule has 1 fully saturated rings. The standard InChI is InChI=1S/C22H31BN2O6/c1-20(2,3)29-19(27)25-13-16(23-30-21(4,5)22(6,7)31-23)11-15-9-14(12-24)10-17(28-8)18(15)26/h9-11,26H,13H2,1-8H3,(H,25,27). The number of phenolic OH excluding ortho intramolecular Hbond substituents is 1. The summed E-state index contributed by atoms with van der Waals surface area (Å²) in [4.78, 5) is 12.2. The summed E-state index contributed by atoms with van der Waals surface area (Å²) in [7, 11) is 0.624. The smallest absolute Gasteiger partial charge is 0.492 e. The second kappa shape index (κ2) is 8.81. The van der Waals surface area contributed by atoms with Gasteiger partial charge in [-0.3, -0.25) is 0 Å². The van der Waals surface area contributed by atoms with Crippen LogP contribution < -0.4 is 10.1 Å². The molecule has 1 heterocycles. The van der Waals surface area contributed by atoms with Gasteiger partial charge in [-0.25, -0.2) is 4.79 Å². The van der Waals surface area contributed by atoms with Crippen molar-refractivity contribution in [3.8, 4) is 17.6 Å². The number of carbonyl (C=O) groups excluding carboxylic acids is 1. The third kappa shape index (κ3) is 5.93. The van der Waals surface area contributed by atoms with E-state index in [4.69, 9.17) is 18.8 Å². The van der Waals surface area contributed by atoms with Gasteiger partial charge in [0.1, 0.15) is 5.60 Å². The predicted molar refractivity (Wildman–Crippen MR) is 118 cm³/mol. The van der Waals surface area contributed by atoms with Crippen molar-refractivity contribution >= 4 is 19.3 Å². The Bertz CT molecular complexity index is 896. The van der Waals surface area contributed by atoms with Crippen LogP contribution in [0.15, 0.2) is 17.6 Å². The van der Waals surface area contributed by atoms with Crippen LogP contribution in [0.2, 0.25) is 0 Å². The Morgan fingerprint density at radius 1 is 1.26 bits per heavy atom. The van der Waals surface area contributed by atoms with Crippen molar-refractivity contribution in [2.75, 3.05) is 13.7 Å². The molecular weight excluding hydrogens is 399 g/mol. The summed E-state index contributed by atoms with van der Waals surface area (Å²) in [5, 5.41) is 22.6. The molecule has 9 heteroatoms. The van der Waals surface area contributed by atoms with Crippen molar-refractivity contribution in [2.24, 2.45) is 0 Å². The van der Waals surface area contributed by atoms with E-state index in [1.807, 2.05) is 33.8 Å². The summed E-state index contributed by atoms with van der Waals surface area (Å²) in [6.07, 6.45) is 1.03. The Morgan fingerprint density at radius 3 is 2.32 bits per heavy atom. The molecule has 1 aromatic rings. The summed E-state index contributed by atoms with van der Waals surface area (Å²) < 4.78 is 22.7. The molecule has 0 bridgehead atoms. The number of ether oxygens (including phenoxy) is 2. The van der Waals surface area contributed by atoms with Crippen LogP contribution in [0.3, 0.4) is 0 Å². The Hall–Kier alpha value is -2.70. The molecule has 0 spiro atoms. The number of methoxy groups -OCH3 is 1. The topological polar surface area (TPSA) is 110 Å². The van der Waals surface area contributed by atoms with E-state index < -0.39 is 30.0 Å². The van der Waals surface area contributed by atoms with Crippen molar-refractivity contribution < 1.29 is 28.7 Å². The zero-order valence-electron chi connectivity index (χ0n) is 19.5. The van der Waals surface area contributed by atoms with Gasteiger partial charge in [0.2, 0.25) is 0 Å². The minimum atomic E-state index is -0.781. The summed E-state index contributed by atoms with van der Waals surface area (Å²) in [5.74, 6) is 0.0338. The van der Waals surface area contributed by atoms with Gasteiger partial charge in [0.25, 0.3) is 0 Å². The first-order chi connectivity index (χ1) is 14.2. The van der Waals surface area contributed by atoms with Crippen molar-refractivity contribution in [3.63, 3.8) is 0 Å². The maximum atomic E-state index is 12.2. The summed E-state index contributed by atoms with van der Waals surface area (Å²) >= 11 is 0. The van der Waals surface area contributed by atoms with E-state index in [1.165, 1.54) is 19.2 Å². The zero-order valence-corrected chi connectivity index (χ0v) is 19.5. The van der Waals surface area contributed by atoms with E-state index in [2.05, 4.69) is 5.32 Å². The number of hydrogen-bond donors (Lipinski definition) is 2. The highest BCUT2D eigenvalue weighted by Crippen LogP contribution is 2.40. The van der Waals surface area contributed by atoms with Crippen molar-refractivity contribution in [1.29, 1.82) is 5.26 Å². The lowest BCUT2D eigenvalue weighted by Crippen LogP contribution is -2.41. The molecule has 1 aliphatic heterocycles. The first-order valence-corrected chi connectivity index (χ1v) is 10.0. The lowest BCUT2D eigenvalue weighted by atomic mass is 9.76. The van der Waals surface area contributed by atoms with Crippen molar-refractivity contribution in [3.05, 3.63) is 28.7 Å².